The zero-order chi connectivity index (χ0) is 18.2. The van der Waals surface area contributed by atoms with Crippen molar-refractivity contribution >= 4 is 73.1 Å². The summed E-state index contributed by atoms with van der Waals surface area (Å²) in [5.74, 6) is 0.313. The standard InChI is InChI=1S/C14H7Cl4N3O2S2/c15-8-4-2-1-3-7(8)13-19-14(24-20-13)21-25(22,23)10-6-5-9(16)11(17)12(10)18/h1-6H,(H,19,20,21). The average molecular weight is 455 g/mol. The largest absolute Gasteiger partial charge is 0.265 e. The molecule has 3 rings (SSSR count). The van der Waals surface area contributed by atoms with E-state index in [4.69, 9.17) is 46.4 Å². The van der Waals surface area contributed by atoms with Crippen LogP contribution in [0, 0.1) is 0 Å². The van der Waals surface area contributed by atoms with Crippen LogP contribution in [-0.4, -0.2) is 17.8 Å². The van der Waals surface area contributed by atoms with Crippen molar-refractivity contribution in [2.45, 2.75) is 4.90 Å². The summed E-state index contributed by atoms with van der Waals surface area (Å²) in [7, 11) is -4.01. The second-order valence-corrected chi connectivity index (χ2v) is 8.65. The van der Waals surface area contributed by atoms with Crippen molar-refractivity contribution in [2.75, 3.05) is 4.72 Å². The highest BCUT2D eigenvalue weighted by molar-refractivity contribution is 7.93. The van der Waals surface area contributed by atoms with Crippen molar-refractivity contribution in [3.05, 3.63) is 56.5 Å². The summed E-state index contributed by atoms with van der Waals surface area (Å²) in [6, 6.07) is 9.58. The molecule has 0 fully saturated rings. The first-order valence-electron chi connectivity index (χ1n) is 6.54. The number of nitrogens with zero attached hydrogens (tertiary/aromatic N) is 2. The second-order valence-electron chi connectivity index (χ2n) is 4.68. The van der Waals surface area contributed by atoms with E-state index in [0.717, 1.165) is 11.5 Å². The summed E-state index contributed by atoms with van der Waals surface area (Å²) in [5.41, 5.74) is 0.596. The van der Waals surface area contributed by atoms with Gasteiger partial charge < -0.3 is 0 Å². The third kappa shape index (κ3) is 3.86. The van der Waals surface area contributed by atoms with Gasteiger partial charge in [0.1, 0.15) is 4.90 Å². The summed E-state index contributed by atoms with van der Waals surface area (Å²) < 4.78 is 31.5. The van der Waals surface area contributed by atoms with E-state index in [2.05, 4.69) is 14.1 Å². The van der Waals surface area contributed by atoms with Crippen molar-refractivity contribution in [1.29, 1.82) is 0 Å². The van der Waals surface area contributed by atoms with Gasteiger partial charge >= 0.3 is 0 Å². The molecule has 0 amide bonds. The highest BCUT2D eigenvalue weighted by Gasteiger charge is 2.23. The summed E-state index contributed by atoms with van der Waals surface area (Å²) >= 11 is 24.7. The van der Waals surface area contributed by atoms with E-state index >= 15 is 0 Å². The van der Waals surface area contributed by atoms with E-state index in [1.165, 1.54) is 12.1 Å². The lowest BCUT2D eigenvalue weighted by Crippen LogP contribution is -2.13. The maximum absolute atomic E-state index is 12.5. The molecule has 0 radical (unpaired) electrons. The molecule has 0 spiro atoms. The van der Waals surface area contributed by atoms with Crippen LogP contribution in [0.1, 0.15) is 0 Å². The molecule has 25 heavy (non-hydrogen) atoms. The molecule has 0 bridgehead atoms. The SMILES string of the molecule is O=S(=O)(Nc1nc(-c2ccccc2Cl)ns1)c1ccc(Cl)c(Cl)c1Cl. The average Bonchev–Trinajstić information content (AvgIpc) is 3.00. The fourth-order valence-electron chi connectivity index (χ4n) is 1.90. The van der Waals surface area contributed by atoms with E-state index in [9.17, 15) is 8.42 Å². The number of aromatic nitrogens is 2. The first kappa shape index (κ1) is 18.7. The molecule has 1 aromatic heterocycles. The first-order valence-corrected chi connectivity index (χ1v) is 10.3. The van der Waals surface area contributed by atoms with Crippen LogP contribution < -0.4 is 4.72 Å². The van der Waals surface area contributed by atoms with Crippen molar-refractivity contribution in [3.63, 3.8) is 0 Å². The molecular formula is C14H7Cl4N3O2S2. The monoisotopic (exact) mass is 453 g/mol. The molecule has 0 saturated heterocycles. The fraction of sp³-hybridized carbons (Fsp3) is 0. The van der Waals surface area contributed by atoms with Gasteiger partial charge in [0.05, 0.1) is 20.1 Å². The number of halogens is 4. The Morgan fingerprint density at radius 1 is 0.920 bits per heavy atom. The van der Waals surface area contributed by atoms with Crippen LogP contribution in [0.15, 0.2) is 41.3 Å². The highest BCUT2D eigenvalue weighted by atomic mass is 35.5. The van der Waals surface area contributed by atoms with Gasteiger partial charge in [-0.25, -0.2) is 8.42 Å². The van der Waals surface area contributed by atoms with Crippen LogP contribution >= 0.6 is 57.9 Å². The number of sulfonamides is 1. The van der Waals surface area contributed by atoms with Gasteiger partial charge in [-0.3, -0.25) is 4.72 Å². The van der Waals surface area contributed by atoms with Gasteiger partial charge in [0.25, 0.3) is 10.0 Å². The lowest BCUT2D eigenvalue weighted by Gasteiger charge is -2.08. The molecule has 0 aliphatic heterocycles. The van der Waals surface area contributed by atoms with Gasteiger partial charge in [0.15, 0.2) is 5.82 Å². The highest BCUT2D eigenvalue weighted by Crippen LogP contribution is 2.36. The maximum Gasteiger partial charge on any atom is 0.265 e. The number of hydrogen-bond acceptors (Lipinski definition) is 5. The van der Waals surface area contributed by atoms with E-state index in [-0.39, 0.29) is 25.1 Å². The molecule has 0 saturated carbocycles. The predicted molar refractivity (Wildman–Crippen MR) is 103 cm³/mol. The summed E-state index contributed by atoms with van der Waals surface area (Å²) in [5, 5.41) is 0.472. The van der Waals surface area contributed by atoms with Crippen LogP contribution in [0.3, 0.4) is 0 Å². The Balaban J connectivity index is 1.93. The molecule has 0 unspecified atom stereocenters. The van der Waals surface area contributed by atoms with Gasteiger partial charge in [0, 0.05) is 17.1 Å². The smallest absolute Gasteiger partial charge is 0.253 e. The zero-order valence-corrected chi connectivity index (χ0v) is 16.7. The Morgan fingerprint density at radius 3 is 2.36 bits per heavy atom. The lowest BCUT2D eigenvalue weighted by atomic mass is 10.2. The topological polar surface area (TPSA) is 72.0 Å². The molecule has 11 heteroatoms. The van der Waals surface area contributed by atoms with Crippen molar-refractivity contribution in [2.24, 2.45) is 0 Å². The Bertz CT molecular complexity index is 1050. The van der Waals surface area contributed by atoms with Crippen LogP contribution in [0.2, 0.25) is 20.1 Å². The summed E-state index contributed by atoms with van der Waals surface area (Å²) in [4.78, 5) is 3.94. The Morgan fingerprint density at radius 2 is 1.64 bits per heavy atom. The molecule has 2 aromatic carbocycles. The van der Waals surface area contributed by atoms with E-state index in [0.29, 0.717) is 16.4 Å². The second kappa shape index (κ2) is 7.26. The maximum atomic E-state index is 12.5. The number of hydrogen-bond donors (Lipinski definition) is 1. The molecule has 0 aliphatic rings. The van der Waals surface area contributed by atoms with Crippen LogP contribution in [0.5, 0.6) is 0 Å². The van der Waals surface area contributed by atoms with Gasteiger partial charge in [-0.1, -0.05) is 58.5 Å². The lowest BCUT2D eigenvalue weighted by molar-refractivity contribution is 0.601. The van der Waals surface area contributed by atoms with Gasteiger partial charge in [-0.2, -0.15) is 9.36 Å². The third-order valence-electron chi connectivity index (χ3n) is 3.05. The molecule has 0 atom stereocenters. The summed E-state index contributed by atoms with van der Waals surface area (Å²) in [6.07, 6.45) is 0. The van der Waals surface area contributed by atoms with Crippen molar-refractivity contribution in [3.8, 4) is 11.4 Å². The van der Waals surface area contributed by atoms with Gasteiger partial charge in [-0.05, 0) is 24.3 Å². The van der Waals surface area contributed by atoms with Crippen molar-refractivity contribution in [1.82, 2.24) is 9.36 Å². The normalized spacial score (nSPS) is 11.5. The minimum atomic E-state index is -4.01. The van der Waals surface area contributed by atoms with Crippen LogP contribution in [-0.2, 0) is 10.0 Å². The molecule has 130 valence electrons. The van der Waals surface area contributed by atoms with E-state index < -0.39 is 10.0 Å². The first-order chi connectivity index (χ1) is 11.8. The number of nitrogens with one attached hydrogen (secondary N) is 1. The van der Waals surface area contributed by atoms with Gasteiger partial charge in [0.2, 0.25) is 5.13 Å². The molecule has 1 heterocycles. The molecule has 3 aromatic rings. The minimum Gasteiger partial charge on any atom is -0.253 e. The summed E-state index contributed by atoms with van der Waals surface area (Å²) in [6.45, 7) is 0. The Labute approximate surface area is 167 Å². The molecule has 1 N–H and O–H groups in total. The zero-order valence-electron chi connectivity index (χ0n) is 12.0. The quantitative estimate of drug-likeness (QED) is 0.519. The fourth-order valence-corrected chi connectivity index (χ4v) is 4.91. The molecule has 5 nitrogen and oxygen atoms in total. The van der Waals surface area contributed by atoms with Crippen molar-refractivity contribution < 1.29 is 8.42 Å². The Hall–Kier alpha value is -1.09. The number of benzene rings is 2. The predicted octanol–water partition coefficient (Wildman–Crippen LogP) is 5.62. The van der Waals surface area contributed by atoms with Crippen LogP contribution in [0.25, 0.3) is 11.4 Å². The molecule has 0 aliphatic carbocycles. The number of rotatable bonds is 4. The Kier molecular flexibility index (Phi) is 5.43. The van der Waals surface area contributed by atoms with Crippen LogP contribution in [0.4, 0.5) is 5.13 Å². The molecular weight excluding hydrogens is 448 g/mol. The van der Waals surface area contributed by atoms with Gasteiger partial charge in [-0.15, -0.1) is 0 Å². The van der Waals surface area contributed by atoms with E-state index in [1.54, 1.807) is 24.3 Å². The number of anilines is 1. The minimum absolute atomic E-state index is 0.0415. The van der Waals surface area contributed by atoms with E-state index in [1.807, 2.05) is 0 Å². The third-order valence-corrected chi connectivity index (χ3v) is 6.93.